The Morgan fingerprint density at radius 2 is 1.95 bits per heavy atom. The summed E-state index contributed by atoms with van der Waals surface area (Å²) >= 11 is 1.57. The summed E-state index contributed by atoms with van der Waals surface area (Å²) in [6.07, 6.45) is 1.68. The molecule has 0 amide bonds. The molecule has 2 aromatic heterocycles. The van der Waals surface area contributed by atoms with Crippen LogP contribution in [0, 0.1) is 13.8 Å². The van der Waals surface area contributed by atoms with Gasteiger partial charge in [-0.25, -0.2) is 15.8 Å². The second-order valence-electron chi connectivity index (χ2n) is 5.66. The number of hydrogen-bond acceptors (Lipinski definition) is 6. The molecule has 0 unspecified atom stereocenters. The van der Waals surface area contributed by atoms with Crippen molar-refractivity contribution in [3.8, 4) is 0 Å². The average Bonchev–Trinajstić information content (AvgIpc) is 2.76. The number of nitrogen functional groups attached to an aromatic ring is 1. The molecule has 6 heteroatoms. The third-order valence-electron chi connectivity index (χ3n) is 2.93. The van der Waals surface area contributed by atoms with E-state index in [1.807, 2.05) is 19.9 Å². The monoisotopic (exact) mass is 292 g/mol. The molecule has 0 saturated carbocycles. The van der Waals surface area contributed by atoms with Gasteiger partial charge in [0.15, 0.2) is 0 Å². The van der Waals surface area contributed by atoms with Crippen LogP contribution in [0.4, 0.5) is 5.82 Å². The topological polar surface area (TPSA) is 77.0 Å². The Kier molecular flexibility index (Phi) is 4.06. The number of nitrogens with zero attached hydrogens (tertiary/aromatic N) is 2. The van der Waals surface area contributed by atoms with Crippen molar-refractivity contribution in [3.05, 3.63) is 29.5 Å². The van der Waals surface area contributed by atoms with Gasteiger partial charge in [0.1, 0.15) is 22.4 Å². The average molecular weight is 292 g/mol. The lowest BCUT2D eigenvalue weighted by Crippen LogP contribution is -2.20. The number of aryl methyl sites for hydroxylation is 1. The van der Waals surface area contributed by atoms with Gasteiger partial charge in [0, 0.05) is 11.0 Å². The van der Waals surface area contributed by atoms with Crippen molar-refractivity contribution in [1.82, 2.24) is 9.97 Å². The van der Waals surface area contributed by atoms with Crippen LogP contribution < -0.4 is 11.3 Å². The molecular formula is C14H20N4OS. The molecular weight excluding hydrogens is 272 g/mol. The van der Waals surface area contributed by atoms with Crippen LogP contribution in [0.3, 0.4) is 0 Å². The highest BCUT2D eigenvalue weighted by atomic mass is 32.2. The van der Waals surface area contributed by atoms with Crippen molar-refractivity contribution >= 4 is 17.6 Å². The first kappa shape index (κ1) is 14.9. The summed E-state index contributed by atoms with van der Waals surface area (Å²) in [5.41, 5.74) is 3.45. The van der Waals surface area contributed by atoms with Crippen LogP contribution in [-0.4, -0.2) is 9.97 Å². The molecule has 0 radical (unpaired) electrons. The lowest BCUT2D eigenvalue weighted by Gasteiger charge is -2.19. The Balaban J connectivity index is 2.48. The minimum Gasteiger partial charge on any atom is -0.468 e. The molecule has 0 fully saturated rings. The SMILES string of the molecule is Cc1occc1Sc1nc(C(C)(C)C)nc(NN)c1C. The van der Waals surface area contributed by atoms with E-state index in [0.29, 0.717) is 5.82 Å². The lowest BCUT2D eigenvalue weighted by molar-refractivity contribution is 0.526. The van der Waals surface area contributed by atoms with Gasteiger partial charge in [-0.1, -0.05) is 32.5 Å². The Bertz CT molecular complexity index is 616. The summed E-state index contributed by atoms with van der Waals surface area (Å²) < 4.78 is 5.33. The Labute approximate surface area is 123 Å². The smallest absolute Gasteiger partial charge is 0.147 e. The number of hydrazine groups is 1. The number of aromatic nitrogens is 2. The van der Waals surface area contributed by atoms with Gasteiger partial charge in [-0.2, -0.15) is 0 Å². The van der Waals surface area contributed by atoms with E-state index in [4.69, 9.17) is 10.3 Å². The number of nitrogens with one attached hydrogen (secondary N) is 1. The fourth-order valence-corrected chi connectivity index (χ4v) is 2.56. The highest BCUT2D eigenvalue weighted by Gasteiger charge is 2.21. The molecule has 2 heterocycles. The maximum Gasteiger partial charge on any atom is 0.147 e. The van der Waals surface area contributed by atoms with Crippen molar-refractivity contribution in [2.75, 3.05) is 5.43 Å². The van der Waals surface area contributed by atoms with E-state index in [2.05, 4.69) is 36.2 Å². The van der Waals surface area contributed by atoms with Crippen LogP contribution in [0.2, 0.25) is 0 Å². The molecule has 0 saturated heterocycles. The van der Waals surface area contributed by atoms with Crippen molar-refractivity contribution < 1.29 is 4.42 Å². The van der Waals surface area contributed by atoms with Gasteiger partial charge in [0.05, 0.1) is 11.2 Å². The Hall–Kier alpha value is -1.53. The van der Waals surface area contributed by atoms with Gasteiger partial charge in [-0.15, -0.1) is 0 Å². The predicted molar refractivity (Wildman–Crippen MR) is 80.8 cm³/mol. The van der Waals surface area contributed by atoms with E-state index in [-0.39, 0.29) is 5.41 Å². The summed E-state index contributed by atoms with van der Waals surface area (Å²) in [7, 11) is 0. The highest BCUT2D eigenvalue weighted by molar-refractivity contribution is 7.99. The molecule has 20 heavy (non-hydrogen) atoms. The van der Waals surface area contributed by atoms with Crippen LogP contribution in [0.5, 0.6) is 0 Å². The van der Waals surface area contributed by atoms with E-state index in [1.165, 1.54) is 0 Å². The van der Waals surface area contributed by atoms with Crippen molar-refractivity contribution in [1.29, 1.82) is 0 Å². The van der Waals surface area contributed by atoms with E-state index < -0.39 is 0 Å². The first-order valence-electron chi connectivity index (χ1n) is 6.40. The van der Waals surface area contributed by atoms with E-state index in [9.17, 15) is 0 Å². The van der Waals surface area contributed by atoms with E-state index >= 15 is 0 Å². The highest BCUT2D eigenvalue weighted by Crippen LogP contribution is 2.35. The fraction of sp³-hybridized carbons (Fsp3) is 0.429. The van der Waals surface area contributed by atoms with Gasteiger partial charge < -0.3 is 9.84 Å². The normalized spacial score (nSPS) is 11.7. The molecule has 5 nitrogen and oxygen atoms in total. The summed E-state index contributed by atoms with van der Waals surface area (Å²) in [6, 6.07) is 1.94. The standard InChI is InChI=1S/C14H20N4OS/c1-8-11(18-15)16-13(14(3,4)5)17-12(8)20-10-6-7-19-9(10)2/h6-7H,15H2,1-5H3,(H,16,17,18). The van der Waals surface area contributed by atoms with Crippen LogP contribution in [0.25, 0.3) is 0 Å². The van der Waals surface area contributed by atoms with Crippen LogP contribution in [0.1, 0.15) is 37.9 Å². The van der Waals surface area contributed by atoms with Crippen LogP contribution in [-0.2, 0) is 5.41 Å². The maximum atomic E-state index is 5.57. The third-order valence-corrected chi connectivity index (χ3v) is 4.16. The van der Waals surface area contributed by atoms with Gasteiger partial charge >= 0.3 is 0 Å². The first-order chi connectivity index (χ1) is 9.32. The summed E-state index contributed by atoms with van der Waals surface area (Å²) in [4.78, 5) is 10.2. The van der Waals surface area contributed by atoms with Crippen LogP contribution >= 0.6 is 11.8 Å². The number of furan rings is 1. The third kappa shape index (κ3) is 2.96. The lowest BCUT2D eigenvalue weighted by atomic mass is 9.95. The number of anilines is 1. The van der Waals surface area contributed by atoms with Gasteiger partial charge in [0.2, 0.25) is 0 Å². The predicted octanol–water partition coefficient (Wildman–Crippen LogP) is 3.42. The zero-order valence-electron chi connectivity index (χ0n) is 12.4. The van der Waals surface area contributed by atoms with E-state index in [1.54, 1.807) is 18.0 Å². The second kappa shape index (κ2) is 5.46. The minimum absolute atomic E-state index is 0.139. The summed E-state index contributed by atoms with van der Waals surface area (Å²) in [6.45, 7) is 10.1. The molecule has 2 aromatic rings. The Morgan fingerprint density at radius 1 is 1.25 bits per heavy atom. The number of hydrogen-bond donors (Lipinski definition) is 2. The van der Waals surface area contributed by atoms with Gasteiger partial charge in [-0.05, 0) is 19.9 Å². The first-order valence-corrected chi connectivity index (χ1v) is 7.22. The van der Waals surface area contributed by atoms with Crippen molar-refractivity contribution in [3.63, 3.8) is 0 Å². The Morgan fingerprint density at radius 3 is 2.45 bits per heavy atom. The molecule has 0 aliphatic carbocycles. The molecule has 0 atom stereocenters. The molecule has 2 rings (SSSR count). The molecule has 108 valence electrons. The molecule has 0 aromatic carbocycles. The summed E-state index contributed by atoms with van der Waals surface area (Å²) in [5, 5.41) is 0.891. The summed E-state index contributed by atoms with van der Waals surface area (Å²) in [5.74, 6) is 7.87. The number of rotatable bonds is 3. The quantitative estimate of drug-likeness (QED) is 0.513. The van der Waals surface area contributed by atoms with Crippen LogP contribution in [0.15, 0.2) is 26.7 Å². The minimum atomic E-state index is -0.139. The fourth-order valence-electron chi connectivity index (χ4n) is 1.65. The zero-order valence-corrected chi connectivity index (χ0v) is 13.3. The molecule has 0 aliphatic heterocycles. The largest absolute Gasteiger partial charge is 0.468 e. The van der Waals surface area contributed by atoms with E-state index in [0.717, 1.165) is 27.1 Å². The van der Waals surface area contributed by atoms with Gasteiger partial charge in [-0.3, -0.25) is 0 Å². The molecule has 3 N–H and O–H groups in total. The van der Waals surface area contributed by atoms with Crippen molar-refractivity contribution in [2.24, 2.45) is 5.84 Å². The molecule has 0 spiro atoms. The van der Waals surface area contributed by atoms with Gasteiger partial charge in [0.25, 0.3) is 0 Å². The molecule has 0 aliphatic rings. The maximum absolute atomic E-state index is 5.57. The molecule has 0 bridgehead atoms. The van der Waals surface area contributed by atoms with Crippen molar-refractivity contribution in [2.45, 2.75) is 50.0 Å². The zero-order chi connectivity index (χ0) is 14.9. The number of nitrogens with two attached hydrogens (primary N) is 1. The second-order valence-corrected chi connectivity index (χ2v) is 6.69.